The van der Waals surface area contributed by atoms with Gasteiger partial charge in [0.25, 0.3) is 5.91 Å². The molecule has 0 heterocycles. The minimum Gasteiger partial charge on any atom is -0.484 e. The smallest absolute Gasteiger partial charge is 0.329 e. The van der Waals surface area contributed by atoms with Crippen molar-refractivity contribution < 1.29 is 19.1 Å². The van der Waals surface area contributed by atoms with E-state index >= 15 is 0 Å². The number of nitrogens with one attached hydrogen (secondary N) is 3. The quantitative estimate of drug-likeness (QED) is 0.348. The van der Waals surface area contributed by atoms with Gasteiger partial charge in [-0.05, 0) is 60.5 Å². The fourth-order valence-corrected chi connectivity index (χ4v) is 2.19. The van der Waals surface area contributed by atoms with Gasteiger partial charge in [0.1, 0.15) is 5.75 Å². The Balaban J connectivity index is 1.76. The number of hydrogen-bond acceptors (Lipinski definition) is 5. The zero-order valence-corrected chi connectivity index (χ0v) is 16.5. The molecule has 0 fully saturated rings. The third kappa shape index (κ3) is 8.02. The molecule has 0 bridgehead atoms. The highest BCUT2D eigenvalue weighted by molar-refractivity contribution is 6.35. The Morgan fingerprint density at radius 2 is 1.72 bits per heavy atom. The van der Waals surface area contributed by atoms with Crippen LogP contribution in [0.4, 0.5) is 5.69 Å². The number of hydrogen-bond donors (Lipinski definition) is 3. The van der Waals surface area contributed by atoms with Crippen LogP contribution in [0.1, 0.15) is 18.9 Å². The van der Waals surface area contributed by atoms with E-state index in [1.54, 1.807) is 48.5 Å². The molecule has 0 aliphatic heterocycles. The molecule has 2 rings (SSSR count). The van der Waals surface area contributed by atoms with Crippen LogP contribution in [0, 0.1) is 0 Å². The number of nitrogens with zero attached hydrogens (tertiary/aromatic N) is 1. The predicted octanol–water partition coefficient (Wildman–Crippen LogP) is 2.33. The van der Waals surface area contributed by atoms with E-state index in [2.05, 4.69) is 21.2 Å². The molecule has 0 spiro atoms. The maximum absolute atomic E-state index is 11.9. The van der Waals surface area contributed by atoms with Gasteiger partial charge in [-0.1, -0.05) is 18.5 Å². The first-order valence-electron chi connectivity index (χ1n) is 8.87. The van der Waals surface area contributed by atoms with Crippen LogP contribution in [0.5, 0.6) is 5.75 Å². The minimum atomic E-state index is -0.832. The molecule has 8 nitrogen and oxygen atoms in total. The Labute approximate surface area is 173 Å². The third-order valence-corrected chi connectivity index (χ3v) is 3.75. The largest absolute Gasteiger partial charge is 0.484 e. The van der Waals surface area contributed by atoms with Gasteiger partial charge in [-0.2, -0.15) is 5.10 Å². The van der Waals surface area contributed by atoms with E-state index in [1.807, 2.05) is 6.92 Å². The van der Waals surface area contributed by atoms with Crippen molar-refractivity contribution >= 4 is 41.2 Å². The first-order chi connectivity index (χ1) is 14.0. The summed E-state index contributed by atoms with van der Waals surface area (Å²) in [5, 5.41) is 9.46. The van der Waals surface area contributed by atoms with Crippen molar-refractivity contribution in [3.8, 4) is 5.75 Å². The van der Waals surface area contributed by atoms with Crippen LogP contribution >= 0.6 is 11.6 Å². The number of hydrazone groups is 1. The molecule has 0 aliphatic carbocycles. The molecule has 2 aromatic rings. The van der Waals surface area contributed by atoms with Gasteiger partial charge in [0, 0.05) is 17.3 Å². The predicted molar refractivity (Wildman–Crippen MR) is 111 cm³/mol. The lowest BCUT2D eigenvalue weighted by molar-refractivity contribution is -0.139. The lowest BCUT2D eigenvalue weighted by atomic mass is 10.2. The fourth-order valence-electron chi connectivity index (χ4n) is 2.06. The van der Waals surface area contributed by atoms with Crippen molar-refractivity contribution in [3.63, 3.8) is 0 Å². The van der Waals surface area contributed by atoms with E-state index in [0.717, 1.165) is 6.42 Å². The normalized spacial score (nSPS) is 10.4. The highest BCUT2D eigenvalue weighted by Gasteiger charge is 2.10. The summed E-state index contributed by atoms with van der Waals surface area (Å²) in [7, 11) is 0. The summed E-state index contributed by atoms with van der Waals surface area (Å²) in [5.41, 5.74) is 3.45. The zero-order chi connectivity index (χ0) is 21.1. The van der Waals surface area contributed by atoms with E-state index in [-0.39, 0.29) is 12.5 Å². The molecule has 0 aromatic heterocycles. The van der Waals surface area contributed by atoms with Gasteiger partial charge in [-0.15, -0.1) is 0 Å². The van der Waals surface area contributed by atoms with Crippen molar-refractivity contribution in [2.75, 3.05) is 18.5 Å². The molecule has 0 aliphatic rings. The van der Waals surface area contributed by atoms with Crippen molar-refractivity contribution in [3.05, 3.63) is 59.1 Å². The number of anilines is 1. The first kappa shape index (κ1) is 21.9. The Hall–Kier alpha value is -3.39. The summed E-state index contributed by atoms with van der Waals surface area (Å²) in [6.07, 6.45) is 2.13. The van der Waals surface area contributed by atoms with Gasteiger partial charge < -0.3 is 15.4 Å². The van der Waals surface area contributed by atoms with Crippen LogP contribution in [-0.2, 0) is 14.4 Å². The lowest BCUT2D eigenvalue weighted by Gasteiger charge is -2.08. The molecule has 3 N–H and O–H groups in total. The number of benzene rings is 2. The maximum atomic E-state index is 11.9. The average molecular weight is 417 g/mol. The van der Waals surface area contributed by atoms with Crippen LogP contribution < -0.4 is 20.8 Å². The summed E-state index contributed by atoms with van der Waals surface area (Å²) in [6.45, 7) is 2.16. The molecule has 3 amide bonds. The van der Waals surface area contributed by atoms with Gasteiger partial charge in [0.15, 0.2) is 6.61 Å². The van der Waals surface area contributed by atoms with Crippen molar-refractivity contribution in [2.24, 2.45) is 5.10 Å². The molecular formula is C20H21ClN4O4. The zero-order valence-electron chi connectivity index (χ0n) is 15.8. The van der Waals surface area contributed by atoms with Crippen molar-refractivity contribution in [2.45, 2.75) is 13.3 Å². The number of rotatable bonds is 8. The first-order valence-corrected chi connectivity index (χ1v) is 9.25. The Kier molecular flexibility index (Phi) is 8.65. The Morgan fingerprint density at radius 3 is 2.38 bits per heavy atom. The lowest BCUT2D eigenvalue weighted by Crippen LogP contribution is -2.38. The van der Waals surface area contributed by atoms with E-state index in [1.165, 1.54) is 6.21 Å². The highest BCUT2D eigenvalue weighted by atomic mass is 35.5. The van der Waals surface area contributed by atoms with Gasteiger partial charge in [0.2, 0.25) is 0 Å². The van der Waals surface area contributed by atoms with E-state index in [4.69, 9.17) is 16.3 Å². The van der Waals surface area contributed by atoms with Gasteiger partial charge in [-0.3, -0.25) is 14.4 Å². The van der Waals surface area contributed by atoms with E-state index in [0.29, 0.717) is 28.6 Å². The number of halogens is 1. The maximum Gasteiger partial charge on any atom is 0.329 e. The summed E-state index contributed by atoms with van der Waals surface area (Å²) in [5.74, 6) is -1.37. The molecule has 0 saturated carbocycles. The number of carbonyl (C=O) groups excluding carboxylic acids is 3. The van der Waals surface area contributed by atoms with Gasteiger partial charge in [-0.25, -0.2) is 5.43 Å². The monoisotopic (exact) mass is 416 g/mol. The average Bonchev–Trinajstić information content (AvgIpc) is 2.73. The molecule has 0 unspecified atom stereocenters. The number of ether oxygens (including phenoxy) is 1. The van der Waals surface area contributed by atoms with Crippen LogP contribution in [-0.4, -0.2) is 37.1 Å². The Bertz CT molecular complexity index is 867. The van der Waals surface area contributed by atoms with E-state index in [9.17, 15) is 14.4 Å². The van der Waals surface area contributed by atoms with Crippen LogP contribution in [0.25, 0.3) is 0 Å². The second-order valence-corrected chi connectivity index (χ2v) is 6.30. The molecule has 2 aromatic carbocycles. The standard InChI is InChI=1S/C20H21ClN4O4/c1-2-11-22-19(27)20(28)25-23-12-14-3-9-17(10-4-14)29-13-18(26)24-16-7-5-15(21)6-8-16/h3-10,12H,2,11,13H2,1H3,(H,22,27)(H,24,26)(H,25,28)/b23-12-. The van der Waals surface area contributed by atoms with Crippen molar-refractivity contribution in [1.29, 1.82) is 0 Å². The SMILES string of the molecule is CCCNC(=O)C(=O)N/N=C\c1ccc(OCC(=O)Nc2ccc(Cl)cc2)cc1. The summed E-state index contributed by atoms with van der Waals surface area (Å²) in [4.78, 5) is 34.8. The van der Waals surface area contributed by atoms with Crippen molar-refractivity contribution in [1.82, 2.24) is 10.7 Å². The van der Waals surface area contributed by atoms with Crippen LogP contribution in [0.3, 0.4) is 0 Å². The summed E-state index contributed by atoms with van der Waals surface area (Å²) < 4.78 is 5.43. The second-order valence-electron chi connectivity index (χ2n) is 5.87. The van der Waals surface area contributed by atoms with Gasteiger partial charge >= 0.3 is 11.8 Å². The molecule has 0 saturated heterocycles. The van der Waals surface area contributed by atoms with E-state index < -0.39 is 11.8 Å². The molecule has 152 valence electrons. The molecular weight excluding hydrogens is 396 g/mol. The molecule has 0 radical (unpaired) electrons. The number of amides is 3. The Morgan fingerprint density at radius 1 is 1.03 bits per heavy atom. The fraction of sp³-hybridized carbons (Fsp3) is 0.200. The third-order valence-electron chi connectivity index (χ3n) is 3.50. The van der Waals surface area contributed by atoms with Crippen LogP contribution in [0.2, 0.25) is 5.02 Å². The van der Waals surface area contributed by atoms with Gasteiger partial charge in [0.05, 0.1) is 6.21 Å². The number of carbonyl (C=O) groups is 3. The second kappa shape index (κ2) is 11.5. The minimum absolute atomic E-state index is 0.154. The highest BCUT2D eigenvalue weighted by Crippen LogP contribution is 2.14. The molecule has 0 atom stereocenters. The van der Waals surface area contributed by atoms with Crippen LogP contribution in [0.15, 0.2) is 53.6 Å². The summed E-state index contributed by atoms with van der Waals surface area (Å²) >= 11 is 5.80. The molecule has 9 heteroatoms. The summed E-state index contributed by atoms with van der Waals surface area (Å²) in [6, 6.07) is 13.5. The molecule has 29 heavy (non-hydrogen) atoms. The topological polar surface area (TPSA) is 109 Å².